The topological polar surface area (TPSA) is 250 Å². The highest BCUT2D eigenvalue weighted by atomic mass is 35.5. The second-order valence-corrected chi connectivity index (χ2v) is 26.5. The maximum absolute atomic E-state index is 14.2. The molecular weight excluding hydrogens is 1140 g/mol. The number of sulfonamides is 1. The summed E-state index contributed by atoms with van der Waals surface area (Å²) < 4.78 is 36.4. The van der Waals surface area contributed by atoms with Crippen LogP contribution in [0, 0.1) is 21.4 Å². The molecule has 23 heteroatoms. The number of halogens is 1. The number of nitro groups is 1. The molecule has 2 aromatic heterocycles. The molecule has 0 radical (unpaired) electrons. The Balaban J connectivity index is 0.687. The van der Waals surface area contributed by atoms with Crippen molar-refractivity contribution in [3.05, 3.63) is 146 Å². The van der Waals surface area contributed by atoms with Crippen molar-refractivity contribution >= 4 is 96.6 Å². The third-order valence-electron chi connectivity index (χ3n) is 16.9. The van der Waals surface area contributed by atoms with Gasteiger partial charge in [-0.2, -0.15) is 0 Å². The number of amides is 5. The van der Waals surface area contributed by atoms with E-state index in [9.17, 15) is 42.5 Å². The predicted octanol–water partition coefficient (Wildman–Crippen LogP) is 9.81. The van der Waals surface area contributed by atoms with Gasteiger partial charge in [0.2, 0.25) is 17.7 Å². The van der Waals surface area contributed by atoms with Gasteiger partial charge in [-0.3, -0.25) is 44.3 Å². The minimum atomic E-state index is -4.66. The average Bonchev–Trinajstić information content (AvgIpc) is 3.93. The third-order valence-corrected chi connectivity index (χ3v) is 19.7. The molecule has 6 aromatic rings. The van der Waals surface area contributed by atoms with Crippen LogP contribution in [0.2, 0.25) is 5.02 Å². The number of nitrogens with zero attached hydrogens (tertiary/aromatic N) is 6. The fraction of sp³-hybridized carbons (Fsp3) is 0.387. The molecule has 20 nitrogen and oxygen atoms in total. The smallest absolute Gasteiger partial charge is 0.293 e. The van der Waals surface area contributed by atoms with Crippen LogP contribution in [0.15, 0.2) is 119 Å². The van der Waals surface area contributed by atoms with Gasteiger partial charge >= 0.3 is 0 Å². The summed E-state index contributed by atoms with van der Waals surface area (Å²) in [6.07, 6.45) is 9.10. The Morgan fingerprint density at radius 1 is 0.929 bits per heavy atom. The van der Waals surface area contributed by atoms with E-state index in [0.717, 1.165) is 66.5 Å². The number of benzene rings is 4. The van der Waals surface area contributed by atoms with Crippen molar-refractivity contribution < 1.29 is 42.1 Å². The number of ether oxygens (including phenoxy) is 1. The molecule has 0 spiro atoms. The standard InChI is InChI=1S/C62H67ClN10O10S2/c1-62(2)22-18-42(49(34-62)40-8-10-43(63)11-9-40)37-69-26-28-70(29-27-69)44-12-14-48(54(32-44)83-45-31-41-19-23-64-58(41)66-36-45)59(76)68-85(81,82)46-13-15-51(53(33-46)73(79)80)65-35-39-20-24-71(25-21-39)57(75)7-4-30-84-55-6-3-5-47-50(55)38-72(61(47)78)52-16-17-56(74)67-60(52)77/h3,5-6,8-15,19,23,31-33,36,39,52,65H,4,7,16-18,20-22,24-30,34-35,37-38H2,1-2H3,(H,64,66)(H,68,76)(H,67,74,77). The van der Waals surface area contributed by atoms with Gasteiger partial charge in [0, 0.05) is 117 Å². The zero-order chi connectivity index (χ0) is 59.6. The number of H-pyrrole nitrogens is 1. The highest BCUT2D eigenvalue weighted by Crippen LogP contribution is 2.44. The number of likely N-dealkylation sites (tertiary alicyclic amines) is 1. The maximum Gasteiger partial charge on any atom is 0.293 e. The average molecular weight is 1210 g/mol. The van der Waals surface area contributed by atoms with Crippen LogP contribution in [0.5, 0.6) is 11.5 Å². The number of hydrogen-bond acceptors (Lipinski definition) is 15. The van der Waals surface area contributed by atoms with Gasteiger partial charge in [0.15, 0.2) is 0 Å². The number of rotatable bonds is 19. The van der Waals surface area contributed by atoms with E-state index in [1.165, 1.54) is 46.0 Å². The molecule has 4 aliphatic heterocycles. The quantitative estimate of drug-likeness (QED) is 0.0194. The van der Waals surface area contributed by atoms with Gasteiger partial charge in [-0.15, -0.1) is 11.8 Å². The number of allylic oxidation sites excluding steroid dienone is 1. The molecule has 11 rings (SSSR count). The van der Waals surface area contributed by atoms with Gasteiger partial charge in [-0.25, -0.2) is 18.1 Å². The van der Waals surface area contributed by atoms with E-state index in [-0.39, 0.29) is 65.4 Å². The fourth-order valence-electron chi connectivity index (χ4n) is 12.1. The number of carbonyl (C=O) groups excluding carboxylic acids is 5. The van der Waals surface area contributed by atoms with E-state index < -0.39 is 43.4 Å². The van der Waals surface area contributed by atoms with Crippen molar-refractivity contribution in [2.45, 2.75) is 94.0 Å². The van der Waals surface area contributed by atoms with E-state index in [4.69, 9.17) is 16.3 Å². The number of pyridine rings is 1. The Kier molecular flexibility index (Phi) is 17.4. The zero-order valence-corrected chi connectivity index (χ0v) is 49.8. The number of anilines is 2. The summed E-state index contributed by atoms with van der Waals surface area (Å²) in [6, 6.07) is 25.0. The Labute approximate surface area is 502 Å². The normalized spacial score (nSPS) is 18.6. The first-order chi connectivity index (χ1) is 40.8. The van der Waals surface area contributed by atoms with Crippen LogP contribution in [0.3, 0.4) is 0 Å². The first-order valence-electron chi connectivity index (χ1n) is 28.8. The minimum absolute atomic E-state index is 0.0268. The van der Waals surface area contributed by atoms with Crippen LogP contribution in [0.4, 0.5) is 17.1 Å². The number of piperidine rings is 2. The van der Waals surface area contributed by atoms with Gasteiger partial charge in [0.25, 0.3) is 27.5 Å². The molecule has 85 heavy (non-hydrogen) atoms. The molecule has 3 saturated heterocycles. The Bertz CT molecular complexity index is 3740. The van der Waals surface area contributed by atoms with Crippen LogP contribution in [-0.4, -0.2) is 132 Å². The summed E-state index contributed by atoms with van der Waals surface area (Å²) >= 11 is 7.83. The number of piperazine rings is 1. The lowest BCUT2D eigenvalue weighted by Crippen LogP contribution is -2.52. The van der Waals surface area contributed by atoms with Crippen LogP contribution in [0.25, 0.3) is 16.6 Å². The van der Waals surface area contributed by atoms with Gasteiger partial charge in [-0.1, -0.05) is 49.2 Å². The lowest BCUT2D eigenvalue weighted by Gasteiger charge is -2.39. The van der Waals surface area contributed by atoms with Crippen LogP contribution >= 0.6 is 23.4 Å². The number of nitro benzene ring substituents is 1. The first kappa shape index (κ1) is 59.0. The number of carbonyl (C=O) groups is 5. The first-order valence-corrected chi connectivity index (χ1v) is 31.7. The van der Waals surface area contributed by atoms with Crippen molar-refractivity contribution in [2.24, 2.45) is 11.3 Å². The van der Waals surface area contributed by atoms with Crippen molar-refractivity contribution in [1.82, 2.24) is 34.7 Å². The number of aromatic nitrogens is 2. The third kappa shape index (κ3) is 13.5. The van der Waals surface area contributed by atoms with Gasteiger partial charge in [0.1, 0.15) is 28.9 Å². The summed E-state index contributed by atoms with van der Waals surface area (Å²) in [5.41, 5.74) is 6.62. The zero-order valence-electron chi connectivity index (χ0n) is 47.4. The minimum Gasteiger partial charge on any atom is -0.455 e. The molecule has 1 unspecified atom stereocenters. The SMILES string of the molecule is CC1(C)CCC(CN2CCN(c3ccc(C(=O)NS(=O)(=O)c4ccc(NCC5CCN(C(=O)CCCSc6cccc7c6CN(C6CCC(=O)NC6=O)C7=O)CC5)c([N+](=O)[O-])c4)c(Oc4cnc5[nH]ccc5c4)c3)CC2)=C(c2ccc(Cl)cc2)C1. The maximum atomic E-state index is 14.2. The molecule has 3 fully saturated rings. The highest BCUT2D eigenvalue weighted by Gasteiger charge is 2.40. The van der Waals surface area contributed by atoms with Crippen LogP contribution in [0.1, 0.15) is 103 Å². The van der Waals surface area contributed by atoms with Crippen molar-refractivity contribution in [3.63, 3.8) is 0 Å². The van der Waals surface area contributed by atoms with Gasteiger partial charge in [0.05, 0.1) is 21.6 Å². The molecule has 4 N–H and O–H groups in total. The lowest BCUT2D eigenvalue weighted by atomic mass is 9.72. The fourth-order valence-corrected chi connectivity index (χ4v) is 14.2. The summed E-state index contributed by atoms with van der Waals surface area (Å²) in [5, 5.41) is 19.4. The number of aromatic amines is 1. The summed E-state index contributed by atoms with van der Waals surface area (Å²) in [4.78, 5) is 92.7. The van der Waals surface area contributed by atoms with Gasteiger partial charge in [-0.05, 0) is 139 Å². The second-order valence-electron chi connectivity index (χ2n) is 23.3. The van der Waals surface area contributed by atoms with Crippen molar-refractivity contribution in [1.29, 1.82) is 0 Å². The monoisotopic (exact) mass is 1210 g/mol. The van der Waals surface area contributed by atoms with E-state index in [1.807, 2.05) is 35.2 Å². The Hall–Kier alpha value is -7.79. The molecule has 1 aliphatic carbocycles. The second kappa shape index (κ2) is 25.0. The van der Waals surface area contributed by atoms with E-state index in [1.54, 1.807) is 42.2 Å². The summed E-state index contributed by atoms with van der Waals surface area (Å²) in [6.45, 7) is 10.1. The van der Waals surface area contributed by atoms with Crippen LogP contribution < -0.4 is 25.0 Å². The Morgan fingerprint density at radius 2 is 1.72 bits per heavy atom. The number of nitrogens with one attached hydrogen (secondary N) is 4. The van der Waals surface area contributed by atoms with Crippen molar-refractivity contribution in [3.8, 4) is 11.5 Å². The molecule has 444 valence electrons. The molecular formula is C62H67ClN10O10S2. The largest absolute Gasteiger partial charge is 0.455 e. The van der Waals surface area contributed by atoms with Crippen LogP contribution in [-0.2, 0) is 31.0 Å². The van der Waals surface area contributed by atoms with Crippen molar-refractivity contribution in [2.75, 3.05) is 68.3 Å². The molecule has 0 bridgehead atoms. The molecule has 0 saturated carbocycles. The molecule has 5 amide bonds. The number of imide groups is 1. The number of fused-ring (bicyclic) bond motifs is 2. The number of hydrogen-bond donors (Lipinski definition) is 4. The summed E-state index contributed by atoms with van der Waals surface area (Å²) in [5.74, 6) is -0.865. The molecule has 1 atom stereocenters. The predicted molar refractivity (Wildman–Crippen MR) is 325 cm³/mol. The van der Waals surface area contributed by atoms with E-state index in [2.05, 4.69) is 61.1 Å². The summed E-state index contributed by atoms with van der Waals surface area (Å²) in [7, 11) is -4.66. The Morgan fingerprint density at radius 3 is 2.48 bits per heavy atom. The molecule has 4 aromatic carbocycles. The van der Waals surface area contributed by atoms with Gasteiger partial charge < -0.3 is 29.7 Å². The lowest BCUT2D eigenvalue weighted by molar-refractivity contribution is -0.384. The van der Waals surface area contributed by atoms with E-state index >= 15 is 0 Å². The molecule has 5 aliphatic rings. The number of thioether (sulfide) groups is 1. The van der Waals surface area contributed by atoms with E-state index in [0.29, 0.717) is 86.1 Å². The highest BCUT2D eigenvalue weighted by molar-refractivity contribution is 7.99. The molecule has 6 heterocycles.